The first kappa shape index (κ1) is 15.7. The van der Waals surface area contributed by atoms with Crippen molar-refractivity contribution in [3.05, 3.63) is 34.3 Å². The van der Waals surface area contributed by atoms with E-state index >= 15 is 0 Å². The summed E-state index contributed by atoms with van der Waals surface area (Å²) in [6.07, 6.45) is 4.88. The van der Waals surface area contributed by atoms with Crippen LogP contribution in [0.1, 0.15) is 45.6 Å². The third-order valence-corrected chi connectivity index (χ3v) is 3.99. The number of halogens is 1. The predicted octanol–water partition coefficient (Wildman–Crippen LogP) is 4.80. The predicted molar refractivity (Wildman–Crippen MR) is 84.0 cm³/mol. The van der Waals surface area contributed by atoms with E-state index in [0.29, 0.717) is 6.04 Å². The summed E-state index contributed by atoms with van der Waals surface area (Å²) < 4.78 is 1.16. The molecule has 1 rings (SSSR count). The van der Waals surface area contributed by atoms with E-state index in [1.807, 2.05) is 0 Å². The van der Waals surface area contributed by atoms with Crippen molar-refractivity contribution < 1.29 is 0 Å². The third-order valence-electron chi connectivity index (χ3n) is 3.46. The molecule has 0 bridgehead atoms. The van der Waals surface area contributed by atoms with Crippen LogP contribution in [0, 0.1) is 5.92 Å². The molecule has 2 heteroatoms. The number of benzene rings is 1. The second kappa shape index (κ2) is 8.71. The van der Waals surface area contributed by atoms with Crippen LogP contribution in [0.5, 0.6) is 0 Å². The lowest BCUT2D eigenvalue weighted by Gasteiger charge is -2.22. The molecule has 1 aromatic carbocycles. The van der Waals surface area contributed by atoms with Gasteiger partial charge in [-0.2, -0.15) is 0 Å². The van der Waals surface area contributed by atoms with Gasteiger partial charge in [-0.3, -0.25) is 0 Å². The molecule has 2 unspecified atom stereocenters. The van der Waals surface area contributed by atoms with Crippen LogP contribution in [0.15, 0.2) is 28.7 Å². The molecule has 1 aromatic rings. The molecule has 0 heterocycles. The lowest BCUT2D eigenvalue weighted by atomic mass is 9.94. The third kappa shape index (κ3) is 6.01. The van der Waals surface area contributed by atoms with Crippen molar-refractivity contribution in [3.63, 3.8) is 0 Å². The van der Waals surface area contributed by atoms with Crippen LogP contribution in [0.4, 0.5) is 0 Å². The van der Waals surface area contributed by atoms with Gasteiger partial charge in [0.05, 0.1) is 0 Å². The monoisotopic (exact) mass is 311 g/mol. The van der Waals surface area contributed by atoms with E-state index in [1.54, 1.807) is 0 Å². The molecule has 0 saturated carbocycles. The maximum absolute atomic E-state index is 3.69. The molecule has 2 atom stereocenters. The minimum atomic E-state index is 0.612. The Labute approximate surface area is 120 Å². The van der Waals surface area contributed by atoms with Crippen LogP contribution in [0.25, 0.3) is 0 Å². The van der Waals surface area contributed by atoms with Gasteiger partial charge in [0.25, 0.3) is 0 Å². The maximum atomic E-state index is 3.69. The van der Waals surface area contributed by atoms with Crippen molar-refractivity contribution >= 4 is 15.9 Å². The smallest absolute Gasteiger partial charge is 0.0175 e. The minimum absolute atomic E-state index is 0.612. The highest BCUT2D eigenvalue weighted by atomic mass is 79.9. The molecule has 0 aliphatic rings. The Hall–Kier alpha value is -0.340. The standard InChI is InChI=1S/C16H26BrN/c1-4-10-18-16(11-13(3)5-2)12-14-6-8-15(17)9-7-14/h6-9,13,16,18H,4-5,10-12H2,1-3H3. The van der Waals surface area contributed by atoms with Crippen LogP contribution in [-0.2, 0) is 6.42 Å². The maximum Gasteiger partial charge on any atom is 0.0175 e. The van der Waals surface area contributed by atoms with Crippen molar-refractivity contribution in [2.75, 3.05) is 6.54 Å². The molecule has 18 heavy (non-hydrogen) atoms. The van der Waals surface area contributed by atoms with Gasteiger partial charge in [-0.15, -0.1) is 0 Å². The van der Waals surface area contributed by atoms with Crippen molar-refractivity contribution in [1.29, 1.82) is 0 Å². The van der Waals surface area contributed by atoms with Gasteiger partial charge in [0, 0.05) is 10.5 Å². The van der Waals surface area contributed by atoms with Crippen molar-refractivity contribution in [2.45, 2.75) is 52.5 Å². The second-order valence-electron chi connectivity index (χ2n) is 5.23. The van der Waals surface area contributed by atoms with Crippen LogP contribution >= 0.6 is 15.9 Å². The van der Waals surface area contributed by atoms with Gasteiger partial charge >= 0.3 is 0 Å². The van der Waals surface area contributed by atoms with Crippen LogP contribution in [-0.4, -0.2) is 12.6 Å². The highest BCUT2D eigenvalue weighted by Crippen LogP contribution is 2.16. The summed E-state index contributed by atoms with van der Waals surface area (Å²) in [7, 11) is 0. The molecule has 0 spiro atoms. The van der Waals surface area contributed by atoms with Crippen molar-refractivity contribution in [2.24, 2.45) is 5.92 Å². The first-order valence-corrected chi connectivity index (χ1v) is 7.92. The Morgan fingerprint density at radius 2 is 1.83 bits per heavy atom. The Morgan fingerprint density at radius 3 is 2.39 bits per heavy atom. The fourth-order valence-electron chi connectivity index (χ4n) is 2.14. The van der Waals surface area contributed by atoms with E-state index in [1.165, 1.54) is 24.8 Å². The van der Waals surface area contributed by atoms with Gasteiger partial charge in [-0.1, -0.05) is 55.3 Å². The first-order valence-electron chi connectivity index (χ1n) is 7.13. The highest BCUT2D eigenvalue weighted by molar-refractivity contribution is 9.10. The molecule has 0 aromatic heterocycles. The summed E-state index contributed by atoms with van der Waals surface area (Å²) in [6, 6.07) is 9.33. The average Bonchev–Trinajstić information content (AvgIpc) is 2.38. The zero-order chi connectivity index (χ0) is 13.4. The summed E-state index contributed by atoms with van der Waals surface area (Å²) >= 11 is 3.49. The molecule has 0 radical (unpaired) electrons. The van der Waals surface area contributed by atoms with Crippen LogP contribution in [0.2, 0.25) is 0 Å². The van der Waals surface area contributed by atoms with Gasteiger partial charge in [0.1, 0.15) is 0 Å². The lowest BCUT2D eigenvalue weighted by Crippen LogP contribution is -2.33. The van der Waals surface area contributed by atoms with Gasteiger partial charge in [0.2, 0.25) is 0 Å². The van der Waals surface area contributed by atoms with Gasteiger partial charge in [0.15, 0.2) is 0 Å². The Kier molecular flexibility index (Phi) is 7.60. The fourth-order valence-corrected chi connectivity index (χ4v) is 2.41. The molecule has 0 aliphatic heterocycles. The van der Waals surface area contributed by atoms with Crippen molar-refractivity contribution in [1.82, 2.24) is 5.32 Å². The minimum Gasteiger partial charge on any atom is -0.314 e. The Balaban J connectivity index is 2.56. The Morgan fingerprint density at radius 1 is 1.17 bits per heavy atom. The lowest BCUT2D eigenvalue weighted by molar-refractivity contribution is 0.391. The normalized spacial score (nSPS) is 14.4. The van der Waals surface area contributed by atoms with Gasteiger partial charge in [-0.25, -0.2) is 0 Å². The Bertz CT molecular complexity index is 320. The topological polar surface area (TPSA) is 12.0 Å². The first-order chi connectivity index (χ1) is 8.65. The van der Waals surface area contributed by atoms with Gasteiger partial charge < -0.3 is 5.32 Å². The van der Waals surface area contributed by atoms with Crippen LogP contribution < -0.4 is 5.32 Å². The van der Waals surface area contributed by atoms with E-state index in [2.05, 4.69) is 66.3 Å². The van der Waals surface area contributed by atoms with Crippen LogP contribution in [0.3, 0.4) is 0 Å². The van der Waals surface area contributed by atoms with E-state index in [-0.39, 0.29) is 0 Å². The molecule has 1 nitrogen and oxygen atoms in total. The molecule has 0 saturated heterocycles. The van der Waals surface area contributed by atoms with Gasteiger partial charge in [-0.05, 0) is 49.4 Å². The molecule has 0 aliphatic carbocycles. The molecule has 102 valence electrons. The quantitative estimate of drug-likeness (QED) is 0.727. The van der Waals surface area contributed by atoms with E-state index in [0.717, 1.165) is 23.4 Å². The second-order valence-corrected chi connectivity index (χ2v) is 6.15. The molecule has 0 amide bonds. The number of hydrogen-bond acceptors (Lipinski definition) is 1. The summed E-state index contributed by atoms with van der Waals surface area (Å²) in [5.74, 6) is 0.801. The average molecular weight is 312 g/mol. The molecular formula is C16H26BrN. The van der Waals surface area contributed by atoms with E-state index in [9.17, 15) is 0 Å². The number of rotatable bonds is 8. The molecule has 1 N–H and O–H groups in total. The summed E-state index contributed by atoms with van der Waals surface area (Å²) in [5, 5.41) is 3.69. The zero-order valence-electron chi connectivity index (χ0n) is 11.9. The highest BCUT2D eigenvalue weighted by Gasteiger charge is 2.12. The van der Waals surface area contributed by atoms with E-state index in [4.69, 9.17) is 0 Å². The molecular weight excluding hydrogens is 286 g/mol. The molecule has 0 fully saturated rings. The summed E-state index contributed by atoms with van der Waals surface area (Å²) in [6.45, 7) is 7.98. The van der Waals surface area contributed by atoms with Crippen molar-refractivity contribution in [3.8, 4) is 0 Å². The SMILES string of the molecule is CCCNC(Cc1ccc(Br)cc1)CC(C)CC. The summed E-state index contributed by atoms with van der Waals surface area (Å²) in [4.78, 5) is 0. The largest absolute Gasteiger partial charge is 0.314 e. The number of nitrogens with one attached hydrogen (secondary N) is 1. The number of hydrogen-bond donors (Lipinski definition) is 1. The summed E-state index contributed by atoms with van der Waals surface area (Å²) in [5.41, 5.74) is 1.43. The van der Waals surface area contributed by atoms with E-state index < -0.39 is 0 Å². The fraction of sp³-hybridized carbons (Fsp3) is 0.625. The zero-order valence-corrected chi connectivity index (χ0v) is 13.5.